The maximum absolute atomic E-state index is 4.34. The fourth-order valence-corrected chi connectivity index (χ4v) is 2.11. The average molecular weight is 226 g/mol. The van der Waals surface area contributed by atoms with E-state index in [1.165, 1.54) is 11.5 Å². The minimum Gasteiger partial charge on any atom is -0.143 e. The molecule has 1 heterocycles. The van der Waals surface area contributed by atoms with Crippen molar-refractivity contribution >= 4 is 36.8 Å². The number of rotatable bonds is 1. The third kappa shape index (κ3) is 1.87. The number of aromatic nitrogens is 2. The van der Waals surface area contributed by atoms with Crippen molar-refractivity contribution in [1.82, 2.24) is 9.59 Å². The molecule has 0 unspecified atom stereocenters. The van der Waals surface area contributed by atoms with Gasteiger partial charge in [0.15, 0.2) is 0 Å². The molecule has 1 aromatic heterocycles. The van der Waals surface area contributed by atoms with Gasteiger partial charge in [0.05, 0.1) is 0 Å². The Morgan fingerprint density at radius 3 is 2.69 bits per heavy atom. The average Bonchev–Trinajstić information content (AvgIpc) is 2.56. The fraction of sp³-hybridized carbons (Fsp3) is 0. The zero-order chi connectivity index (χ0) is 9.26. The summed E-state index contributed by atoms with van der Waals surface area (Å²) in [5, 5.41) is 5.87. The molecule has 66 valence electrons. The van der Waals surface area contributed by atoms with Crippen molar-refractivity contribution in [1.29, 1.82) is 0 Å². The van der Waals surface area contributed by atoms with Gasteiger partial charge in [-0.2, -0.15) is 0 Å². The third-order valence-electron chi connectivity index (χ3n) is 1.62. The van der Waals surface area contributed by atoms with E-state index in [0.29, 0.717) is 0 Å². The molecule has 0 spiro atoms. The van der Waals surface area contributed by atoms with Gasteiger partial charge in [0.25, 0.3) is 0 Å². The van der Waals surface area contributed by atoms with Crippen molar-refractivity contribution in [2.24, 2.45) is 0 Å². The molecule has 5 heteroatoms. The van der Waals surface area contributed by atoms with E-state index in [0.717, 1.165) is 21.0 Å². The number of hydrogen-bond donors (Lipinski definition) is 2. The van der Waals surface area contributed by atoms with Gasteiger partial charge in [-0.3, -0.25) is 0 Å². The molecule has 0 aliphatic heterocycles. The number of hydrogen-bond acceptors (Lipinski definition) is 5. The van der Waals surface area contributed by atoms with Gasteiger partial charge in [-0.1, -0.05) is 10.6 Å². The Kier molecular flexibility index (Phi) is 2.57. The second-order valence-corrected chi connectivity index (χ2v) is 4.10. The largest absolute Gasteiger partial charge is 0.143 e. The predicted molar refractivity (Wildman–Crippen MR) is 59.8 cm³/mol. The summed E-state index contributed by atoms with van der Waals surface area (Å²) < 4.78 is 3.80. The van der Waals surface area contributed by atoms with Gasteiger partial charge in [-0.05, 0) is 23.7 Å². The molecule has 0 amide bonds. The van der Waals surface area contributed by atoms with Crippen LogP contribution in [0.15, 0.2) is 33.4 Å². The van der Waals surface area contributed by atoms with Crippen LogP contribution in [0.3, 0.4) is 0 Å². The lowest BCUT2D eigenvalue weighted by molar-refractivity contribution is 1.15. The van der Waals surface area contributed by atoms with Crippen LogP contribution in [0.2, 0.25) is 0 Å². The first-order chi connectivity index (χ1) is 6.27. The van der Waals surface area contributed by atoms with Crippen LogP contribution in [0.4, 0.5) is 0 Å². The molecule has 0 fully saturated rings. The van der Waals surface area contributed by atoms with Crippen LogP contribution < -0.4 is 0 Å². The molecular formula is C8H6N2S3. The molecule has 0 saturated heterocycles. The smallest absolute Gasteiger partial charge is 0.106 e. The van der Waals surface area contributed by atoms with Crippen molar-refractivity contribution < 1.29 is 0 Å². The maximum Gasteiger partial charge on any atom is 0.106 e. The highest BCUT2D eigenvalue weighted by Gasteiger charge is 2.04. The molecule has 2 nitrogen and oxygen atoms in total. The second kappa shape index (κ2) is 3.69. The van der Waals surface area contributed by atoms with Crippen molar-refractivity contribution in [2.45, 2.75) is 9.79 Å². The lowest BCUT2D eigenvalue weighted by atomic mass is 10.2. The predicted octanol–water partition coefficient (Wildman–Crippen LogP) is 2.78. The summed E-state index contributed by atoms with van der Waals surface area (Å²) in [6.45, 7) is 0. The van der Waals surface area contributed by atoms with E-state index in [2.05, 4.69) is 34.8 Å². The van der Waals surface area contributed by atoms with Gasteiger partial charge in [-0.15, -0.1) is 30.4 Å². The monoisotopic (exact) mass is 226 g/mol. The van der Waals surface area contributed by atoms with E-state index in [1.54, 1.807) is 0 Å². The highest BCUT2D eigenvalue weighted by atomic mass is 32.1. The minimum atomic E-state index is 0.864. The standard InChI is InChI=1S/C8H6N2S3/c11-5-1-2-6(8(12)3-5)7-4-13-10-9-7/h1-4,11-12H. The topological polar surface area (TPSA) is 25.8 Å². The van der Waals surface area contributed by atoms with E-state index >= 15 is 0 Å². The molecule has 0 aliphatic rings. The van der Waals surface area contributed by atoms with Crippen molar-refractivity contribution in [3.8, 4) is 11.3 Å². The first kappa shape index (κ1) is 9.05. The molecule has 0 atom stereocenters. The summed E-state index contributed by atoms with van der Waals surface area (Å²) in [7, 11) is 0. The van der Waals surface area contributed by atoms with Crippen molar-refractivity contribution in [3.05, 3.63) is 23.6 Å². The van der Waals surface area contributed by atoms with Crippen molar-refractivity contribution in [3.63, 3.8) is 0 Å². The van der Waals surface area contributed by atoms with Crippen LogP contribution in [0, 0.1) is 0 Å². The Labute approximate surface area is 91.0 Å². The first-order valence-electron chi connectivity index (χ1n) is 3.57. The Morgan fingerprint density at radius 2 is 2.08 bits per heavy atom. The van der Waals surface area contributed by atoms with E-state index in [4.69, 9.17) is 0 Å². The fourth-order valence-electron chi connectivity index (χ4n) is 1.02. The maximum atomic E-state index is 4.34. The number of nitrogens with zero attached hydrogens (tertiary/aromatic N) is 2. The summed E-state index contributed by atoms with van der Waals surface area (Å²) >= 11 is 9.89. The SMILES string of the molecule is Sc1ccc(-c2csnn2)c(S)c1. The van der Waals surface area contributed by atoms with Crippen LogP contribution in [0.5, 0.6) is 0 Å². The Balaban J connectivity index is 2.53. The first-order valence-corrected chi connectivity index (χ1v) is 5.30. The van der Waals surface area contributed by atoms with Gasteiger partial charge in [0.1, 0.15) is 5.69 Å². The van der Waals surface area contributed by atoms with E-state index in [-0.39, 0.29) is 0 Å². The third-order valence-corrected chi connectivity index (χ3v) is 2.77. The Bertz CT molecular complexity index is 411. The molecule has 0 aliphatic carbocycles. The van der Waals surface area contributed by atoms with Crippen LogP contribution >= 0.6 is 36.8 Å². The van der Waals surface area contributed by atoms with Gasteiger partial charge < -0.3 is 0 Å². The number of thiol groups is 2. The van der Waals surface area contributed by atoms with Gasteiger partial charge in [-0.25, -0.2) is 0 Å². The summed E-state index contributed by atoms with van der Waals surface area (Å²) in [6, 6.07) is 5.75. The van der Waals surface area contributed by atoms with E-state index in [1.807, 2.05) is 23.6 Å². The van der Waals surface area contributed by atoms with E-state index in [9.17, 15) is 0 Å². The van der Waals surface area contributed by atoms with Crippen LogP contribution in [-0.4, -0.2) is 9.59 Å². The minimum absolute atomic E-state index is 0.864. The summed E-state index contributed by atoms with van der Waals surface area (Å²) in [5.74, 6) is 0. The molecule has 2 aromatic rings. The lowest BCUT2D eigenvalue weighted by Gasteiger charge is -2.00. The summed E-state index contributed by atoms with van der Waals surface area (Å²) in [6.07, 6.45) is 0. The van der Waals surface area contributed by atoms with Gasteiger partial charge >= 0.3 is 0 Å². The second-order valence-electron chi connectivity index (χ2n) is 2.49. The molecule has 0 radical (unpaired) electrons. The molecule has 2 rings (SSSR count). The van der Waals surface area contributed by atoms with E-state index < -0.39 is 0 Å². The molecule has 0 saturated carbocycles. The van der Waals surface area contributed by atoms with Gasteiger partial charge in [0, 0.05) is 20.7 Å². The Hall–Kier alpha value is -0.520. The normalized spacial score (nSPS) is 10.3. The summed E-state index contributed by atoms with van der Waals surface area (Å²) in [5.41, 5.74) is 1.86. The highest BCUT2D eigenvalue weighted by molar-refractivity contribution is 7.81. The van der Waals surface area contributed by atoms with Crippen LogP contribution in [0.25, 0.3) is 11.3 Å². The molecule has 1 aromatic carbocycles. The zero-order valence-electron chi connectivity index (χ0n) is 6.51. The summed E-state index contributed by atoms with van der Waals surface area (Å²) in [4.78, 5) is 1.78. The van der Waals surface area contributed by atoms with Crippen molar-refractivity contribution in [2.75, 3.05) is 0 Å². The molecule has 0 bridgehead atoms. The van der Waals surface area contributed by atoms with Crippen LogP contribution in [-0.2, 0) is 0 Å². The Morgan fingerprint density at radius 1 is 1.23 bits per heavy atom. The molecule has 0 N–H and O–H groups in total. The van der Waals surface area contributed by atoms with Crippen LogP contribution in [0.1, 0.15) is 0 Å². The quantitative estimate of drug-likeness (QED) is 0.731. The highest BCUT2D eigenvalue weighted by Crippen LogP contribution is 2.27. The zero-order valence-corrected chi connectivity index (χ0v) is 9.11. The number of benzene rings is 1. The molecular weight excluding hydrogens is 220 g/mol. The lowest BCUT2D eigenvalue weighted by Crippen LogP contribution is -1.80. The molecule has 13 heavy (non-hydrogen) atoms. The van der Waals surface area contributed by atoms with Gasteiger partial charge in [0.2, 0.25) is 0 Å².